The Kier molecular flexibility index (Phi) is 9.05. The largest absolute Gasteiger partial charge is 0.508 e. The summed E-state index contributed by atoms with van der Waals surface area (Å²) >= 11 is 0. The first-order chi connectivity index (χ1) is 23.9. The second-order valence-electron chi connectivity index (χ2n) is 14.8. The minimum Gasteiger partial charge on any atom is -0.508 e. The number of rotatable bonds is 8. The van der Waals surface area contributed by atoms with Gasteiger partial charge in [0.15, 0.2) is 5.82 Å². The van der Waals surface area contributed by atoms with Crippen LogP contribution in [-0.2, 0) is 17.6 Å². The molecule has 2 aromatic heterocycles. The van der Waals surface area contributed by atoms with Crippen molar-refractivity contribution in [3.63, 3.8) is 0 Å². The van der Waals surface area contributed by atoms with Gasteiger partial charge in [0.2, 0.25) is 0 Å². The van der Waals surface area contributed by atoms with Crippen molar-refractivity contribution in [1.29, 1.82) is 0 Å². The smallest absolute Gasteiger partial charge is 0.409 e. The Balaban J connectivity index is 1.29. The van der Waals surface area contributed by atoms with Gasteiger partial charge in [0.05, 0.1) is 11.0 Å². The number of hydrogen-bond donors (Lipinski definition) is 2. The highest BCUT2D eigenvalue weighted by Crippen LogP contribution is 2.46. The van der Waals surface area contributed by atoms with Crippen LogP contribution in [0.5, 0.6) is 5.75 Å². The maximum Gasteiger partial charge on any atom is 0.409 e. The zero-order valence-electron chi connectivity index (χ0n) is 29.3. The topological polar surface area (TPSA) is 115 Å². The number of pyridine rings is 1. The van der Waals surface area contributed by atoms with Crippen LogP contribution in [0, 0.1) is 11.6 Å². The average Bonchev–Trinajstić information content (AvgIpc) is 3.65. The number of anilines is 1. The Morgan fingerprint density at radius 1 is 1.12 bits per heavy atom. The molecule has 0 unspecified atom stereocenters. The number of carbonyl (C=O) groups is 1. The first-order valence-corrected chi connectivity index (χ1v) is 17.8. The molecule has 12 heteroatoms. The normalized spacial score (nSPS) is 23.9. The fraction of sp³-hybridized carbons (Fsp3) is 0.526. The molecule has 0 aliphatic carbocycles. The molecule has 0 spiro atoms. The lowest BCUT2D eigenvalue weighted by atomic mass is 9.88. The third-order valence-corrected chi connectivity index (χ3v) is 11.1. The molecule has 50 heavy (non-hydrogen) atoms. The zero-order chi connectivity index (χ0) is 35.4. The molecule has 0 radical (unpaired) electrons. The van der Waals surface area contributed by atoms with Crippen molar-refractivity contribution in [2.75, 3.05) is 45.2 Å². The summed E-state index contributed by atoms with van der Waals surface area (Å²) in [5.41, 5.74) is -0.207. The van der Waals surface area contributed by atoms with Gasteiger partial charge in [-0.1, -0.05) is 13.0 Å². The Labute approximate surface area is 291 Å². The van der Waals surface area contributed by atoms with Gasteiger partial charge in [-0.2, -0.15) is 0 Å². The van der Waals surface area contributed by atoms with E-state index in [2.05, 4.69) is 9.88 Å². The summed E-state index contributed by atoms with van der Waals surface area (Å²) in [7, 11) is 3.35. The van der Waals surface area contributed by atoms with E-state index in [9.17, 15) is 15.0 Å². The van der Waals surface area contributed by atoms with Crippen molar-refractivity contribution in [3.05, 3.63) is 53.5 Å². The molecular formula is C38H46F2N6O4. The Morgan fingerprint density at radius 2 is 1.92 bits per heavy atom. The molecule has 3 aliphatic rings. The first-order valence-electron chi connectivity index (χ1n) is 17.8. The van der Waals surface area contributed by atoms with E-state index in [-0.39, 0.29) is 34.6 Å². The number of phenols is 1. The minimum absolute atomic E-state index is 0.0218. The van der Waals surface area contributed by atoms with Crippen LogP contribution in [-0.4, -0.2) is 98.6 Å². The second-order valence-corrected chi connectivity index (χ2v) is 14.8. The van der Waals surface area contributed by atoms with Gasteiger partial charge in [-0.05, 0) is 99.4 Å². The maximum absolute atomic E-state index is 17.0. The molecular weight excluding hydrogens is 642 g/mol. The van der Waals surface area contributed by atoms with E-state index < -0.39 is 17.2 Å². The van der Waals surface area contributed by atoms with Gasteiger partial charge < -0.3 is 24.7 Å². The van der Waals surface area contributed by atoms with E-state index in [0.717, 1.165) is 45.1 Å². The second kappa shape index (κ2) is 13.2. The fourth-order valence-electron chi connectivity index (χ4n) is 8.66. The van der Waals surface area contributed by atoms with Crippen molar-refractivity contribution >= 4 is 33.6 Å². The molecule has 2 aromatic carbocycles. The Morgan fingerprint density at radius 3 is 2.68 bits per heavy atom. The number of β-amino-alcohol motifs (C(OH)–C–C–N with tert-alkyl or cyclic N) is 1. The van der Waals surface area contributed by atoms with Gasteiger partial charge in [-0.3, -0.25) is 9.88 Å². The number of aliphatic hydroxyl groups is 1. The molecule has 266 valence electrons. The summed E-state index contributed by atoms with van der Waals surface area (Å²) < 4.78 is 37.6. The van der Waals surface area contributed by atoms with Gasteiger partial charge in [0.25, 0.3) is 0 Å². The average molecular weight is 689 g/mol. The summed E-state index contributed by atoms with van der Waals surface area (Å²) in [4.78, 5) is 32.5. The maximum atomic E-state index is 17.0. The summed E-state index contributed by atoms with van der Waals surface area (Å²) in [6, 6.07) is 6.07. The van der Waals surface area contributed by atoms with Gasteiger partial charge in [0, 0.05) is 56.9 Å². The Bertz CT molecular complexity index is 1950. The number of nitrogens with zero attached hydrogens (tertiary/aromatic N) is 6. The van der Waals surface area contributed by atoms with Crippen LogP contribution in [0.25, 0.3) is 32.9 Å². The number of benzene rings is 2. The highest BCUT2D eigenvalue weighted by Gasteiger charge is 2.49. The highest BCUT2D eigenvalue weighted by molar-refractivity contribution is 6.01. The number of carbonyl (C=O) groups excluding carboxylic acids is 1. The first kappa shape index (κ1) is 34.3. The zero-order valence-corrected chi connectivity index (χ0v) is 29.3. The number of halogens is 2. The third kappa shape index (κ3) is 6.21. The van der Waals surface area contributed by atoms with Crippen LogP contribution >= 0.6 is 0 Å². The minimum atomic E-state index is -0.930. The predicted octanol–water partition coefficient (Wildman–Crippen LogP) is 6.37. The Hall–Kier alpha value is -4.16. The predicted molar refractivity (Wildman–Crippen MR) is 188 cm³/mol. The lowest BCUT2D eigenvalue weighted by Crippen LogP contribution is -2.46. The van der Waals surface area contributed by atoms with Gasteiger partial charge in [-0.25, -0.2) is 23.5 Å². The van der Waals surface area contributed by atoms with Crippen LogP contribution in [0.1, 0.15) is 70.2 Å². The lowest BCUT2D eigenvalue weighted by Gasteiger charge is -2.38. The lowest BCUT2D eigenvalue weighted by molar-refractivity contribution is 0.0447. The number of hydrogen-bond acceptors (Lipinski definition) is 9. The van der Waals surface area contributed by atoms with Crippen LogP contribution in [0.3, 0.4) is 0 Å². The number of aryl methyl sites for hydroxylation is 2. The molecule has 4 aromatic rings. The van der Waals surface area contributed by atoms with E-state index in [4.69, 9.17) is 14.7 Å². The van der Waals surface area contributed by atoms with Crippen LogP contribution in [0.15, 0.2) is 30.5 Å². The van der Waals surface area contributed by atoms with E-state index in [1.807, 2.05) is 11.8 Å². The molecule has 0 bridgehead atoms. The molecule has 3 fully saturated rings. The van der Waals surface area contributed by atoms with Crippen molar-refractivity contribution < 1.29 is 28.5 Å². The van der Waals surface area contributed by atoms with Crippen molar-refractivity contribution in [3.8, 4) is 17.0 Å². The number of ether oxygens (including phenoxy) is 1. The number of piperidine rings is 1. The van der Waals surface area contributed by atoms with E-state index >= 15 is 8.78 Å². The van der Waals surface area contributed by atoms with Gasteiger partial charge in [-0.15, -0.1) is 0 Å². The van der Waals surface area contributed by atoms with Gasteiger partial charge in [0.1, 0.15) is 41.0 Å². The number of amides is 1. The molecule has 3 saturated heterocycles. The molecule has 0 saturated carbocycles. The molecule has 3 atom stereocenters. The summed E-state index contributed by atoms with van der Waals surface area (Å²) in [5, 5.41) is 23.2. The number of fused-ring (bicyclic) bond motifs is 3. The summed E-state index contributed by atoms with van der Waals surface area (Å²) in [5.74, 6) is -0.113. The van der Waals surface area contributed by atoms with Crippen molar-refractivity contribution in [1.82, 2.24) is 24.8 Å². The molecule has 5 heterocycles. The standard InChI is InChI=1S/C38H46F2N6O4/c1-5-26-29(39)9-8-23-18-25(47)19-27(31(23)26)33-32(40)34-28(20-41-33)35(45-16-6-12-37(2,49)22-45)43-30(42-34)11-15-38-13-7-17-46(38)24(10-14-38)21-50-36(48)44(3)4/h8-9,18-20,24,47,49H,5-7,10-17,21-22H2,1-4H3/t24-,37+,38+/m0/s1. The fourth-order valence-corrected chi connectivity index (χ4v) is 8.66. The monoisotopic (exact) mass is 688 g/mol. The molecule has 10 nitrogen and oxygen atoms in total. The number of phenolic OH excluding ortho intramolecular Hbond substituents is 1. The van der Waals surface area contributed by atoms with Crippen LogP contribution in [0.2, 0.25) is 0 Å². The van der Waals surface area contributed by atoms with Crippen molar-refractivity contribution in [2.45, 2.75) is 88.8 Å². The summed E-state index contributed by atoms with van der Waals surface area (Å²) in [6.07, 6.45) is 8.22. The van der Waals surface area contributed by atoms with Crippen molar-refractivity contribution in [2.24, 2.45) is 0 Å². The third-order valence-electron chi connectivity index (χ3n) is 11.1. The van der Waals surface area contributed by atoms with Crippen LogP contribution < -0.4 is 4.90 Å². The molecule has 2 N–H and O–H groups in total. The SMILES string of the molecule is CCc1c(F)ccc2cc(O)cc(-c3ncc4c(N5CCC[C@@](C)(O)C5)nc(CC[C@]56CCCN5[C@H](COC(=O)N(C)C)CC6)nc4c3F)c12. The van der Waals surface area contributed by atoms with Gasteiger partial charge >= 0.3 is 6.09 Å². The van der Waals surface area contributed by atoms with Crippen LogP contribution in [0.4, 0.5) is 19.4 Å². The quantitative estimate of drug-likeness (QED) is 0.218. The number of aromatic hydroxyl groups is 1. The van der Waals surface area contributed by atoms with E-state index in [0.29, 0.717) is 77.9 Å². The summed E-state index contributed by atoms with van der Waals surface area (Å²) in [6.45, 7) is 5.90. The van der Waals surface area contributed by atoms with E-state index in [1.54, 1.807) is 39.3 Å². The van der Waals surface area contributed by atoms with E-state index in [1.165, 1.54) is 17.0 Å². The molecule has 3 aliphatic heterocycles. The molecule has 7 rings (SSSR count). The highest BCUT2D eigenvalue weighted by atomic mass is 19.1. The molecule has 1 amide bonds. The number of aromatic nitrogens is 3.